The zero-order valence-electron chi connectivity index (χ0n) is 9.11. The first kappa shape index (κ1) is 10.4. The Bertz CT molecular complexity index is 291. The van der Waals surface area contributed by atoms with Crippen LogP contribution >= 0.6 is 0 Å². The number of hydrogen-bond donors (Lipinski definition) is 0. The van der Waals surface area contributed by atoms with Gasteiger partial charge in [-0.2, -0.15) is 0 Å². The Labute approximate surface area is 90.4 Å². The summed E-state index contributed by atoms with van der Waals surface area (Å²) in [6.45, 7) is 4.47. The third-order valence-electron chi connectivity index (χ3n) is 2.61. The molecule has 1 atom stereocenters. The number of aromatic nitrogens is 1. The molecule has 15 heavy (non-hydrogen) atoms. The lowest BCUT2D eigenvalue weighted by atomic mass is 10.0. The van der Waals surface area contributed by atoms with E-state index in [1.807, 2.05) is 25.3 Å². The fourth-order valence-electron chi connectivity index (χ4n) is 1.68. The van der Waals surface area contributed by atoms with E-state index >= 15 is 0 Å². The molecule has 0 radical (unpaired) electrons. The van der Waals surface area contributed by atoms with Crippen molar-refractivity contribution in [1.29, 1.82) is 0 Å². The van der Waals surface area contributed by atoms with E-state index in [1.165, 1.54) is 6.42 Å². The second-order valence-corrected chi connectivity index (χ2v) is 4.07. The molecule has 1 aliphatic heterocycles. The van der Waals surface area contributed by atoms with Crippen molar-refractivity contribution in [3.05, 3.63) is 23.9 Å². The molecule has 0 N–H and O–H groups in total. The Morgan fingerprint density at radius 2 is 2.47 bits per heavy atom. The normalized spacial score (nSPS) is 21.3. The van der Waals surface area contributed by atoms with Gasteiger partial charge in [-0.3, -0.25) is 0 Å². The predicted molar refractivity (Wildman–Crippen MR) is 58.0 cm³/mol. The summed E-state index contributed by atoms with van der Waals surface area (Å²) in [4.78, 5) is 4.20. The lowest BCUT2D eigenvalue weighted by molar-refractivity contribution is 0.0344. The van der Waals surface area contributed by atoms with Gasteiger partial charge in [0.25, 0.3) is 0 Å². The topological polar surface area (TPSA) is 31.4 Å². The molecule has 1 fully saturated rings. The maximum Gasteiger partial charge on any atom is 0.213 e. The van der Waals surface area contributed by atoms with Crippen LogP contribution in [0, 0.1) is 12.8 Å². The van der Waals surface area contributed by atoms with E-state index in [0.717, 1.165) is 31.8 Å². The first-order valence-electron chi connectivity index (χ1n) is 5.48. The summed E-state index contributed by atoms with van der Waals surface area (Å²) in [5.74, 6) is 1.24. The fourth-order valence-corrected chi connectivity index (χ4v) is 1.68. The highest BCUT2D eigenvalue weighted by atomic mass is 16.5. The highest BCUT2D eigenvalue weighted by molar-refractivity contribution is 5.16. The van der Waals surface area contributed by atoms with Crippen molar-refractivity contribution < 1.29 is 9.47 Å². The molecule has 0 spiro atoms. The highest BCUT2D eigenvalue weighted by Crippen LogP contribution is 2.15. The molecule has 2 heterocycles. The summed E-state index contributed by atoms with van der Waals surface area (Å²) in [7, 11) is 0. The summed E-state index contributed by atoms with van der Waals surface area (Å²) in [5, 5.41) is 0. The maximum atomic E-state index is 5.61. The van der Waals surface area contributed by atoms with Crippen LogP contribution < -0.4 is 4.74 Å². The van der Waals surface area contributed by atoms with Crippen molar-refractivity contribution in [3.63, 3.8) is 0 Å². The van der Waals surface area contributed by atoms with Gasteiger partial charge in [0.05, 0.1) is 13.2 Å². The molecule has 1 aromatic rings. The van der Waals surface area contributed by atoms with Gasteiger partial charge < -0.3 is 9.47 Å². The van der Waals surface area contributed by atoms with Crippen LogP contribution in [0.5, 0.6) is 5.88 Å². The molecule has 0 aliphatic carbocycles. The molecule has 1 aromatic heterocycles. The molecule has 1 unspecified atom stereocenters. The van der Waals surface area contributed by atoms with E-state index in [1.54, 1.807) is 0 Å². The second-order valence-electron chi connectivity index (χ2n) is 4.07. The van der Waals surface area contributed by atoms with E-state index in [2.05, 4.69) is 4.98 Å². The Hall–Kier alpha value is -1.09. The van der Waals surface area contributed by atoms with Gasteiger partial charge in [0.1, 0.15) is 0 Å². The van der Waals surface area contributed by atoms with Gasteiger partial charge in [-0.05, 0) is 25.3 Å². The number of ether oxygens (including phenoxy) is 2. The lowest BCUT2D eigenvalue weighted by Gasteiger charge is -2.21. The van der Waals surface area contributed by atoms with Crippen LogP contribution in [0.15, 0.2) is 18.3 Å². The van der Waals surface area contributed by atoms with Gasteiger partial charge in [0.15, 0.2) is 0 Å². The second kappa shape index (κ2) is 5.12. The van der Waals surface area contributed by atoms with Gasteiger partial charge in [0, 0.05) is 24.8 Å². The highest BCUT2D eigenvalue weighted by Gasteiger charge is 2.14. The quantitative estimate of drug-likeness (QED) is 0.761. The molecule has 1 saturated heterocycles. The van der Waals surface area contributed by atoms with E-state index in [4.69, 9.17) is 9.47 Å². The lowest BCUT2D eigenvalue weighted by Crippen LogP contribution is -2.23. The minimum absolute atomic E-state index is 0.529. The molecule has 0 bridgehead atoms. The minimum atomic E-state index is 0.529. The molecule has 3 nitrogen and oxygen atoms in total. The van der Waals surface area contributed by atoms with Crippen molar-refractivity contribution >= 4 is 0 Å². The summed E-state index contributed by atoms with van der Waals surface area (Å²) < 4.78 is 11.0. The summed E-state index contributed by atoms with van der Waals surface area (Å²) >= 11 is 0. The largest absolute Gasteiger partial charge is 0.477 e. The number of rotatable bonds is 3. The van der Waals surface area contributed by atoms with Crippen LogP contribution in [0.1, 0.15) is 18.4 Å². The molecule has 0 amide bonds. The SMILES string of the molecule is Cc1ccc(OCC2CCCOC2)nc1. The molecule has 3 heteroatoms. The smallest absolute Gasteiger partial charge is 0.213 e. The number of hydrogen-bond acceptors (Lipinski definition) is 3. The monoisotopic (exact) mass is 207 g/mol. The summed E-state index contributed by atoms with van der Waals surface area (Å²) in [6, 6.07) is 3.93. The van der Waals surface area contributed by atoms with E-state index < -0.39 is 0 Å². The first-order chi connectivity index (χ1) is 7.34. The van der Waals surface area contributed by atoms with Crippen LogP contribution in [-0.2, 0) is 4.74 Å². The Balaban J connectivity index is 1.79. The zero-order valence-corrected chi connectivity index (χ0v) is 9.11. The minimum Gasteiger partial charge on any atom is -0.477 e. The van der Waals surface area contributed by atoms with Crippen molar-refractivity contribution in [3.8, 4) is 5.88 Å². The standard InChI is InChI=1S/C12H17NO2/c1-10-4-5-12(13-7-10)15-9-11-3-2-6-14-8-11/h4-5,7,11H,2-3,6,8-9H2,1H3. The van der Waals surface area contributed by atoms with Gasteiger partial charge in [-0.15, -0.1) is 0 Å². The summed E-state index contributed by atoms with van der Waals surface area (Å²) in [5.41, 5.74) is 1.16. The predicted octanol–water partition coefficient (Wildman–Crippen LogP) is 2.20. The third kappa shape index (κ3) is 3.20. The van der Waals surface area contributed by atoms with Crippen LogP contribution in [0.3, 0.4) is 0 Å². The molecule has 2 rings (SSSR count). The molecular formula is C12H17NO2. The number of pyridine rings is 1. The van der Waals surface area contributed by atoms with Crippen molar-refractivity contribution in [1.82, 2.24) is 4.98 Å². The average molecular weight is 207 g/mol. The van der Waals surface area contributed by atoms with Crippen LogP contribution in [-0.4, -0.2) is 24.8 Å². The number of aryl methyl sites for hydroxylation is 1. The fraction of sp³-hybridized carbons (Fsp3) is 0.583. The average Bonchev–Trinajstić information content (AvgIpc) is 2.30. The zero-order chi connectivity index (χ0) is 10.5. The summed E-state index contributed by atoms with van der Waals surface area (Å²) in [6.07, 6.45) is 4.17. The van der Waals surface area contributed by atoms with E-state index in [0.29, 0.717) is 11.8 Å². The van der Waals surface area contributed by atoms with Crippen molar-refractivity contribution in [2.75, 3.05) is 19.8 Å². The first-order valence-corrected chi connectivity index (χ1v) is 5.48. The Kier molecular flexibility index (Phi) is 3.56. The Morgan fingerprint density at radius 1 is 1.53 bits per heavy atom. The maximum absolute atomic E-state index is 5.61. The Morgan fingerprint density at radius 3 is 3.13 bits per heavy atom. The van der Waals surface area contributed by atoms with Crippen LogP contribution in [0.4, 0.5) is 0 Å². The van der Waals surface area contributed by atoms with Crippen LogP contribution in [0.2, 0.25) is 0 Å². The molecule has 82 valence electrons. The molecule has 0 aromatic carbocycles. The van der Waals surface area contributed by atoms with Crippen LogP contribution in [0.25, 0.3) is 0 Å². The van der Waals surface area contributed by atoms with Crippen molar-refractivity contribution in [2.24, 2.45) is 5.92 Å². The molecular weight excluding hydrogens is 190 g/mol. The third-order valence-corrected chi connectivity index (χ3v) is 2.61. The van der Waals surface area contributed by atoms with E-state index in [9.17, 15) is 0 Å². The molecule has 1 aliphatic rings. The molecule has 0 saturated carbocycles. The van der Waals surface area contributed by atoms with Gasteiger partial charge in [0.2, 0.25) is 5.88 Å². The van der Waals surface area contributed by atoms with Gasteiger partial charge >= 0.3 is 0 Å². The van der Waals surface area contributed by atoms with E-state index in [-0.39, 0.29) is 0 Å². The van der Waals surface area contributed by atoms with Gasteiger partial charge in [-0.1, -0.05) is 6.07 Å². The number of nitrogens with zero attached hydrogens (tertiary/aromatic N) is 1. The van der Waals surface area contributed by atoms with Crippen molar-refractivity contribution in [2.45, 2.75) is 19.8 Å². The van der Waals surface area contributed by atoms with Gasteiger partial charge in [-0.25, -0.2) is 4.98 Å².